The summed E-state index contributed by atoms with van der Waals surface area (Å²) >= 11 is 0. The van der Waals surface area contributed by atoms with Gasteiger partial charge in [-0.3, -0.25) is 10.1 Å². The van der Waals surface area contributed by atoms with Crippen LogP contribution in [-0.4, -0.2) is 25.1 Å². The molecule has 1 aromatic carbocycles. The Labute approximate surface area is 144 Å². The molecule has 25 heavy (non-hydrogen) atoms. The van der Waals surface area contributed by atoms with E-state index < -0.39 is 0 Å². The van der Waals surface area contributed by atoms with E-state index in [4.69, 9.17) is 4.74 Å². The van der Waals surface area contributed by atoms with Gasteiger partial charge in [0.15, 0.2) is 5.82 Å². The molecule has 4 rings (SSSR count). The Morgan fingerprint density at radius 3 is 2.92 bits per heavy atom. The molecule has 3 heterocycles. The van der Waals surface area contributed by atoms with Crippen LogP contribution < -0.4 is 10.1 Å². The van der Waals surface area contributed by atoms with Crippen LogP contribution in [0.2, 0.25) is 0 Å². The second kappa shape index (κ2) is 6.56. The van der Waals surface area contributed by atoms with Gasteiger partial charge < -0.3 is 10.1 Å². The number of aromatic amines is 1. The van der Waals surface area contributed by atoms with E-state index in [0.29, 0.717) is 12.4 Å². The summed E-state index contributed by atoms with van der Waals surface area (Å²) in [5.41, 5.74) is 2.79. The number of ether oxygens (including phenoxy) is 1. The summed E-state index contributed by atoms with van der Waals surface area (Å²) in [4.78, 5) is 12.7. The summed E-state index contributed by atoms with van der Waals surface area (Å²) < 4.78 is 5.82. The van der Waals surface area contributed by atoms with Crippen LogP contribution in [-0.2, 0) is 6.61 Å². The number of rotatable bonds is 5. The van der Waals surface area contributed by atoms with E-state index in [1.165, 1.54) is 6.33 Å². The predicted molar refractivity (Wildman–Crippen MR) is 94.7 cm³/mol. The lowest BCUT2D eigenvalue weighted by molar-refractivity contribution is 0.306. The summed E-state index contributed by atoms with van der Waals surface area (Å²) in [5.74, 6) is 2.17. The van der Waals surface area contributed by atoms with Gasteiger partial charge in [0.2, 0.25) is 0 Å². The molecule has 4 aromatic rings. The first kappa shape index (κ1) is 15.1. The monoisotopic (exact) mass is 332 g/mol. The van der Waals surface area contributed by atoms with Crippen molar-refractivity contribution in [2.45, 2.75) is 13.5 Å². The van der Waals surface area contributed by atoms with E-state index >= 15 is 0 Å². The SMILES string of the molecule is Cc1cc(Nc2ncnc3cc(OCc4cccnc4)ccc23)n[nH]1. The molecule has 124 valence electrons. The molecule has 0 aliphatic rings. The zero-order chi connectivity index (χ0) is 17.1. The largest absolute Gasteiger partial charge is 0.489 e. The van der Waals surface area contributed by atoms with Gasteiger partial charge in [-0.25, -0.2) is 9.97 Å². The molecule has 0 unspecified atom stereocenters. The van der Waals surface area contributed by atoms with Crippen LogP contribution in [0, 0.1) is 6.92 Å². The molecule has 7 nitrogen and oxygen atoms in total. The van der Waals surface area contributed by atoms with Gasteiger partial charge in [-0.2, -0.15) is 5.10 Å². The molecule has 0 saturated carbocycles. The van der Waals surface area contributed by atoms with Gasteiger partial charge in [0.25, 0.3) is 0 Å². The van der Waals surface area contributed by atoms with Gasteiger partial charge in [-0.1, -0.05) is 6.07 Å². The van der Waals surface area contributed by atoms with Crippen molar-refractivity contribution < 1.29 is 4.74 Å². The molecule has 0 atom stereocenters. The Hall–Kier alpha value is -3.48. The standard InChI is InChI=1S/C18H16N6O/c1-12-7-17(24-23-12)22-18-15-5-4-14(8-16(15)20-11-21-18)25-10-13-3-2-6-19-9-13/h2-9,11H,10H2,1H3,(H2,20,21,22,23,24). The van der Waals surface area contributed by atoms with Crippen LogP contribution in [0.15, 0.2) is 55.1 Å². The zero-order valence-corrected chi connectivity index (χ0v) is 13.6. The molecule has 0 radical (unpaired) electrons. The van der Waals surface area contributed by atoms with Crippen LogP contribution in [0.3, 0.4) is 0 Å². The van der Waals surface area contributed by atoms with Crippen LogP contribution >= 0.6 is 0 Å². The summed E-state index contributed by atoms with van der Waals surface area (Å²) in [6, 6.07) is 11.5. The van der Waals surface area contributed by atoms with Crippen LogP contribution in [0.1, 0.15) is 11.3 Å². The van der Waals surface area contributed by atoms with Crippen LogP contribution in [0.4, 0.5) is 11.6 Å². The van der Waals surface area contributed by atoms with Crippen molar-refractivity contribution in [3.8, 4) is 5.75 Å². The Kier molecular flexibility index (Phi) is 3.96. The lowest BCUT2D eigenvalue weighted by atomic mass is 10.2. The summed E-state index contributed by atoms with van der Waals surface area (Å²) in [7, 11) is 0. The highest BCUT2D eigenvalue weighted by molar-refractivity contribution is 5.91. The predicted octanol–water partition coefficient (Wildman–Crippen LogP) is 3.38. The molecular formula is C18H16N6O. The first-order chi connectivity index (χ1) is 12.3. The number of nitrogens with zero attached hydrogens (tertiary/aromatic N) is 4. The Morgan fingerprint density at radius 1 is 1.16 bits per heavy atom. The van der Waals surface area contributed by atoms with E-state index in [2.05, 4.69) is 30.5 Å². The first-order valence-corrected chi connectivity index (χ1v) is 7.83. The lowest BCUT2D eigenvalue weighted by Gasteiger charge is -2.09. The van der Waals surface area contributed by atoms with Crippen molar-refractivity contribution in [1.82, 2.24) is 25.1 Å². The number of pyridine rings is 1. The third-order valence-electron chi connectivity index (χ3n) is 3.69. The molecule has 0 spiro atoms. The fraction of sp³-hybridized carbons (Fsp3) is 0.111. The van der Waals surface area contributed by atoms with E-state index in [1.807, 2.05) is 43.3 Å². The second-order valence-electron chi connectivity index (χ2n) is 5.61. The molecular weight excluding hydrogens is 316 g/mol. The van der Waals surface area contributed by atoms with Gasteiger partial charge in [-0.05, 0) is 25.1 Å². The number of benzene rings is 1. The maximum absolute atomic E-state index is 5.82. The second-order valence-corrected chi connectivity index (χ2v) is 5.61. The Balaban J connectivity index is 1.56. The number of anilines is 2. The maximum atomic E-state index is 5.82. The number of aryl methyl sites for hydroxylation is 1. The number of hydrogen-bond donors (Lipinski definition) is 2. The van der Waals surface area contributed by atoms with Crippen molar-refractivity contribution in [1.29, 1.82) is 0 Å². The Bertz CT molecular complexity index is 999. The molecule has 7 heteroatoms. The number of fused-ring (bicyclic) bond motifs is 1. The highest BCUT2D eigenvalue weighted by Gasteiger charge is 2.07. The van der Waals surface area contributed by atoms with E-state index in [9.17, 15) is 0 Å². The maximum Gasteiger partial charge on any atom is 0.153 e. The molecule has 0 aliphatic heterocycles. The molecule has 3 aromatic heterocycles. The van der Waals surface area contributed by atoms with Gasteiger partial charge in [0, 0.05) is 41.2 Å². The quantitative estimate of drug-likeness (QED) is 0.582. The molecule has 0 aliphatic carbocycles. The van der Waals surface area contributed by atoms with Crippen molar-refractivity contribution in [3.63, 3.8) is 0 Å². The molecule has 0 amide bonds. The minimum Gasteiger partial charge on any atom is -0.489 e. The number of aromatic nitrogens is 5. The third kappa shape index (κ3) is 3.40. The van der Waals surface area contributed by atoms with Crippen molar-refractivity contribution in [2.24, 2.45) is 0 Å². The average Bonchev–Trinajstić information content (AvgIpc) is 3.06. The molecule has 0 saturated heterocycles. The highest BCUT2D eigenvalue weighted by Crippen LogP contribution is 2.26. The van der Waals surface area contributed by atoms with E-state index in [-0.39, 0.29) is 0 Å². The first-order valence-electron chi connectivity index (χ1n) is 7.83. The summed E-state index contributed by atoms with van der Waals surface area (Å²) in [6.45, 7) is 2.41. The summed E-state index contributed by atoms with van der Waals surface area (Å²) in [6.07, 6.45) is 5.05. The normalized spacial score (nSPS) is 10.8. The van der Waals surface area contributed by atoms with E-state index in [1.54, 1.807) is 12.4 Å². The number of nitrogens with one attached hydrogen (secondary N) is 2. The van der Waals surface area contributed by atoms with Crippen LogP contribution in [0.25, 0.3) is 10.9 Å². The van der Waals surface area contributed by atoms with Crippen molar-refractivity contribution in [2.75, 3.05) is 5.32 Å². The van der Waals surface area contributed by atoms with Gasteiger partial charge in [0.05, 0.1) is 5.52 Å². The zero-order valence-electron chi connectivity index (χ0n) is 13.6. The lowest BCUT2D eigenvalue weighted by Crippen LogP contribution is -1.98. The number of H-pyrrole nitrogens is 1. The minimum atomic E-state index is 0.460. The fourth-order valence-corrected chi connectivity index (χ4v) is 2.48. The molecule has 0 fully saturated rings. The van der Waals surface area contributed by atoms with Crippen molar-refractivity contribution >= 4 is 22.5 Å². The molecule has 0 bridgehead atoms. The number of hydrogen-bond acceptors (Lipinski definition) is 6. The highest BCUT2D eigenvalue weighted by atomic mass is 16.5. The van der Waals surface area contributed by atoms with Gasteiger partial charge in [0.1, 0.15) is 24.5 Å². The molecule has 2 N–H and O–H groups in total. The third-order valence-corrected chi connectivity index (χ3v) is 3.69. The summed E-state index contributed by atoms with van der Waals surface area (Å²) in [5, 5.41) is 11.2. The van der Waals surface area contributed by atoms with Gasteiger partial charge in [-0.15, -0.1) is 0 Å². The van der Waals surface area contributed by atoms with Crippen LogP contribution in [0.5, 0.6) is 5.75 Å². The smallest absolute Gasteiger partial charge is 0.153 e. The van der Waals surface area contributed by atoms with E-state index in [0.717, 1.165) is 33.7 Å². The Morgan fingerprint density at radius 2 is 2.12 bits per heavy atom. The topological polar surface area (TPSA) is 88.6 Å². The average molecular weight is 332 g/mol. The fourth-order valence-electron chi connectivity index (χ4n) is 2.48. The van der Waals surface area contributed by atoms with Crippen molar-refractivity contribution in [3.05, 3.63) is 66.4 Å². The minimum absolute atomic E-state index is 0.460. The van der Waals surface area contributed by atoms with Gasteiger partial charge >= 0.3 is 0 Å².